The predicted octanol–water partition coefficient (Wildman–Crippen LogP) is 2.68. The number of carbonyl (C=O) groups excluding carboxylic acids is 4. The van der Waals surface area contributed by atoms with Crippen molar-refractivity contribution in [3.63, 3.8) is 0 Å². The summed E-state index contributed by atoms with van der Waals surface area (Å²) < 4.78 is 0. The molecule has 1 fully saturated rings. The van der Waals surface area contributed by atoms with Crippen molar-refractivity contribution < 1.29 is 44.7 Å². The number of aliphatic hydroxyl groups is 4. The summed E-state index contributed by atoms with van der Waals surface area (Å²) in [6, 6.07) is 2.97. The Kier molecular flexibility index (Phi) is 5.98. The van der Waals surface area contributed by atoms with Crippen LogP contribution in [0.15, 0.2) is 29.0 Å². The molecule has 4 rings (SSSR count). The van der Waals surface area contributed by atoms with Crippen molar-refractivity contribution in [2.24, 2.45) is 22.7 Å². The normalized spacial score (nSPS) is 34.6. The fourth-order valence-electron chi connectivity index (χ4n) is 7.22. The zero-order chi connectivity index (χ0) is 28.9. The van der Waals surface area contributed by atoms with Gasteiger partial charge in [0.1, 0.15) is 22.8 Å². The van der Waals surface area contributed by atoms with Crippen molar-refractivity contribution in [3.8, 4) is 5.75 Å². The minimum Gasteiger partial charge on any atom is -0.508 e. The summed E-state index contributed by atoms with van der Waals surface area (Å²) in [5.41, 5.74) is -7.59. The minimum absolute atomic E-state index is 0.0312. The number of hydrogen-bond acceptors (Lipinski definition) is 9. The molecule has 204 valence electrons. The van der Waals surface area contributed by atoms with Crippen LogP contribution in [-0.2, 0) is 19.2 Å². The van der Waals surface area contributed by atoms with Crippen LogP contribution >= 0.6 is 0 Å². The van der Waals surface area contributed by atoms with E-state index in [1.54, 1.807) is 26.8 Å². The Morgan fingerprint density at radius 2 is 1.63 bits per heavy atom. The molecule has 1 unspecified atom stereocenters. The molecule has 0 bridgehead atoms. The Labute approximate surface area is 219 Å². The van der Waals surface area contributed by atoms with Crippen LogP contribution in [0.1, 0.15) is 65.5 Å². The van der Waals surface area contributed by atoms with E-state index in [4.69, 9.17) is 0 Å². The Hall–Kier alpha value is -3.50. The van der Waals surface area contributed by atoms with Crippen LogP contribution in [0.25, 0.3) is 5.76 Å². The van der Waals surface area contributed by atoms with Crippen molar-refractivity contribution >= 4 is 34.7 Å². The molecule has 3 aliphatic carbocycles. The molecular weight excluding hydrogens is 494 g/mol. The van der Waals surface area contributed by atoms with Gasteiger partial charge in [-0.3, -0.25) is 19.2 Å². The van der Waals surface area contributed by atoms with E-state index >= 15 is 0 Å². The maximum Gasteiger partial charge on any atom is 0.221 e. The van der Waals surface area contributed by atoms with Gasteiger partial charge in [-0.05, 0) is 30.4 Å². The number of aliphatic hydroxyl groups excluding tert-OH is 3. The Balaban J connectivity index is 2.14. The highest BCUT2D eigenvalue weighted by molar-refractivity contribution is 6.24. The fourth-order valence-corrected chi connectivity index (χ4v) is 7.22. The third kappa shape index (κ3) is 2.95. The second-order valence-electron chi connectivity index (χ2n) is 11.4. The van der Waals surface area contributed by atoms with E-state index < -0.39 is 92.0 Å². The lowest BCUT2D eigenvalue weighted by Crippen LogP contribution is -2.75. The van der Waals surface area contributed by atoms with Gasteiger partial charge in [-0.2, -0.15) is 0 Å². The topological polar surface area (TPSA) is 181 Å². The smallest absolute Gasteiger partial charge is 0.221 e. The number of phenolic OH excluding ortho intramolecular Hbond substituents is 1. The molecule has 38 heavy (non-hydrogen) atoms. The van der Waals surface area contributed by atoms with Crippen LogP contribution in [0.5, 0.6) is 5.75 Å². The second-order valence-corrected chi connectivity index (χ2v) is 11.4. The van der Waals surface area contributed by atoms with Gasteiger partial charge < -0.3 is 30.8 Å². The van der Waals surface area contributed by atoms with Crippen LogP contribution < -0.4 is 5.32 Å². The first-order chi connectivity index (χ1) is 17.4. The van der Waals surface area contributed by atoms with Crippen molar-refractivity contribution in [3.05, 3.63) is 40.2 Å². The molecule has 0 heterocycles. The zero-order valence-electron chi connectivity index (χ0n) is 22.3. The molecule has 6 atom stereocenters. The zero-order valence-corrected chi connectivity index (χ0v) is 22.3. The molecule has 0 aliphatic heterocycles. The third-order valence-corrected chi connectivity index (χ3v) is 9.14. The van der Waals surface area contributed by atoms with Crippen molar-refractivity contribution in [2.45, 2.75) is 66.1 Å². The van der Waals surface area contributed by atoms with E-state index in [1.807, 2.05) is 0 Å². The van der Waals surface area contributed by atoms with Gasteiger partial charge >= 0.3 is 0 Å². The molecule has 0 spiro atoms. The largest absolute Gasteiger partial charge is 0.508 e. The number of benzene rings is 1. The van der Waals surface area contributed by atoms with Crippen LogP contribution in [0.2, 0.25) is 0 Å². The molecular formula is C28H33NO9. The number of hydrogen-bond donors (Lipinski definition) is 6. The van der Waals surface area contributed by atoms with Crippen LogP contribution in [0.3, 0.4) is 0 Å². The number of ketones is 3. The summed E-state index contributed by atoms with van der Waals surface area (Å²) >= 11 is 0. The van der Waals surface area contributed by atoms with Crippen molar-refractivity contribution in [1.82, 2.24) is 0 Å². The number of fused-ring (bicyclic) bond motifs is 3. The number of amides is 1. The molecule has 0 radical (unpaired) electrons. The maximum atomic E-state index is 14.3. The molecule has 0 saturated heterocycles. The average Bonchev–Trinajstić information content (AvgIpc) is 2.80. The predicted molar refractivity (Wildman–Crippen MR) is 136 cm³/mol. The first kappa shape index (κ1) is 27.5. The Morgan fingerprint density at radius 3 is 2.13 bits per heavy atom. The number of aromatic hydroxyl groups is 1. The van der Waals surface area contributed by atoms with E-state index in [0.29, 0.717) is 5.56 Å². The maximum absolute atomic E-state index is 14.3. The first-order valence-corrected chi connectivity index (χ1v) is 12.4. The summed E-state index contributed by atoms with van der Waals surface area (Å²) in [6.07, 6.45) is -1.69. The number of Topliss-reactive ketones (excluding diaryl/α,β-unsaturated/α-hetero) is 3. The lowest BCUT2D eigenvalue weighted by atomic mass is 9.40. The van der Waals surface area contributed by atoms with Gasteiger partial charge in [-0.1, -0.05) is 40.7 Å². The molecule has 1 amide bonds. The van der Waals surface area contributed by atoms with Gasteiger partial charge in [0.15, 0.2) is 17.2 Å². The lowest BCUT2D eigenvalue weighted by molar-refractivity contribution is -0.215. The van der Waals surface area contributed by atoms with Gasteiger partial charge in [0, 0.05) is 23.7 Å². The van der Waals surface area contributed by atoms with Gasteiger partial charge in [-0.25, -0.2) is 0 Å². The highest BCUT2D eigenvalue weighted by atomic mass is 16.4. The van der Waals surface area contributed by atoms with Crippen molar-refractivity contribution in [2.75, 3.05) is 5.32 Å². The number of rotatable bonds is 3. The molecule has 10 nitrogen and oxygen atoms in total. The summed E-state index contributed by atoms with van der Waals surface area (Å²) in [6.45, 7) is 10.1. The average molecular weight is 528 g/mol. The molecule has 10 heteroatoms. The van der Waals surface area contributed by atoms with E-state index in [9.17, 15) is 44.7 Å². The molecule has 1 aromatic carbocycles. The quantitative estimate of drug-likeness (QED) is 0.254. The minimum atomic E-state index is -2.94. The molecule has 6 N–H and O–H groups in total. The van der Waals surface area contributed by atoms with E-state index in [0.717, 1.165) is 6.92 Å². The third-order valence-electron chi connectivity index (χ3n) is 9.14. The standard InChI is InChI=1S/C28H33NO9/c1-10(2)18-21(33)16(12(4)30)23(35)28(38)24(36)19-22(34)17-14(8-9-15(20(17)32)29-13(5)31)11(3)26(19,6)25(37)27(18,28)7/h8-11,18,25,32,34-35,37-38H,1-7H3,(H,29,31)/t11-,18?,25-,26+,27+,28+/m1/s1. The number of nitrogens with one attached hydrogen (secondary N) is 1. The molecule has 3 aliphatic rings. The fraction of sp³-hybridized carbons (Fsp3) is 0.500. The van der Waals surface area contributed by atoms with Gasteiger partial charge in [0.05, 0.1) is 22.9 Å². The van der Waals surface area contributed by atoms with Gasteiger partial charge in [-0.15, -0.1) is 0 Å². The number of phenols is 1. The highest BCUT2D eigenvalue weighted by Crippen LogP contribution is 2.67. The molecule has 0 aromatic heterocycles. The Morgan fingerprint density at radius 1 is 1.05 bits per heavy atom. The van der Waals surface area contributed by atoms with Gasteiger partial charge in [0.2, 0.25) is 11.7 Å². The van der Waals surface area contributed by atoms with E-state index in [-0.39, 0.29) is 11.3 Å². The van der Waals surface area contributed by atoms with Crippen LogP contribution in [-0.4, -0.2) is 60.5 Å². The van der Waals surface area contributed by atoms with Crippen LogP contribution in [0.4, 0.5) is 5.69 Å². The van der Waals surface area contributed by atoms with Gasteiger partial charge in [0.25, 0.3) is 0 Å². The number of anilines is 1. The van der Waals surface area contributed by atoms with E-state index in [1.165, 1.54) is 26.8 Å². The first-order valence-electron chi connectivity index (χ1n) is 12.4. The number of allylic oxidation sites excluding steroid dienone is 1. The molecule has 1 saturated carbocycles. The van der Waals surface area contributed by atoms with E-state index in [2.05, 4.69) is 5.32 Å². The van der Waals surface area contributed by atoms with Crippen molar-refractivity contribution in [1.29, 1.82) is 0 Å². The Bertz CT molecular complexity index is 1390. The summed E-state index contributed by atoms with van der Waals surface area (Å²) in [5, 5.41) is 60.2. The summed E-state index contributed by atoms with van der Waals surface area (Å²) in [5.74, 6) is -8.35. The highest BCUT2D eigenvalue weighted by Gasteiger charge is 2.77. The van der Waals surface area contributed by atoms with Crippen LogP contribution in [0, 0.1) is 22.7 Å². The lowest BCUT2D eigenvalue weighted by Gasteiger charge is -2.63. The molecule has 1 aromatic rings. The monoisotopic (exact) mass is 527 g/mol. The summed E-state index contributed by atoms with van der Waals surface area (Å²) in [4.78, 5) is 51.9. The summed E-state index contributed by atoms with van der Waals surface area (Å²) in [7, 11) is 0. The SMILES string of the molecule is CC(=O)Nc1ccc2c(c1O)C(O)=C1C(=O)[C@@]3(O)C(O)=C(C(C)=O)C(=O)C(C(C)C)[C@@]3(C)[C@H](O)[C@@]1(C)[C@@H]2C. The second kappa shape index (κ2) is 8.25. The number of carbonyl (C=O) groups is 4.